The molecule has 3 aromatic rings. The van der Waals surface area contributed by atoms with Crippen molar-refractivity contribution in [2.24, 2.45) is 0 Å². The number of carbonyl (C=O) groups is 1. The van der Waals surface area contributed by atoms with Crippen LogP contribution in [0.3, 0.4) is 0 Å². The second-order valence-corrected chi connectivity index (χ2v) is 10.2. The number of oxazole rings is 1. The Morgan fingerprint density at radius 2 is 1.79 bits per heavy atom. The van der Waals surface area contributed by atoms with Gasteiger partial charge in [-0.25, -0.2) is 13.4 Å². The summed E-state index contributed by atoms with van der Waals surface area (Å²) in [6.45, 7) is 0.862. The van der Waals surface area contributed by atoms with Crippen molar-refractivity contribution >= 4 is 16.0 Å². The van der Waals surface area contributed by atoms with Crippen molar-refractivity contribution in [2.75, 3.05) is 6.54 Å². The number of carboxylic acid groups (broad SMARTS) is 1. The largest absolute Gasteiger partial charge is 0.486 e. The maximum absolute atomic E-state index is 13.9. The summed E-state index contributed by atoms with van der Waals surface area (Å²) in [5.41, 5.74) is -3.96. The summed E-state index contributed by atoms with van der Waals surface area (Å²) < 4.78 is 119. The lowest BCUT2D eigenvalue weighted by molar-refractivity contribution is -0.145. The molecule has 204 valence electrons. The number of aliphatic carboxylic acids is 1. The lowest BCUT2D eigenvalue weighted by Gasteiger charge is -2.36. The Labute approximate surface area is 211 Å². The van der Waals surface area contributed by atoms with E-state index in [2.05, 4.69) is 4.98 Å². The fourth-order valence-corrected chi connectivity index (χ4v) is 5.45. The van der Waals surface area contributed by atoms with Crippen LogP contribution >= 0.6 is 0 Å². The number of ether oxygens (including phenoxy) is 1. The smallest absolute Gasteiger partial charge is 0.420 e. The van der Waals surface area contributed by atoms with Crippen LogP contribution in [0.2, 0.25) is 0 Å². The van der Waals surface area contributed by atoms with Gasteiger partial charge in [-0.05, 0) is 43.2 Å². The Bertz CT molecular complexity index is 1460. The average molecular weight is 564 g/mol. The first-order valence-electron chi connectivity index (χ1n) is 10.8. The number of carboxylic acids is 1. The van der Waals surface area contributed by atoms with Gasteiger partial charge in [0.2, 0.25) is 10.0 Å². The van der Waals surface area contributed by atoms with Crippen molar-refractivity contribution in [1.82, 2.24) is 9.29 Å². The van der Waals surface area contributed by atoms with E-state index in [9.17, 15) is 39.6 Å². The molecule has 1 fully saturated rings. The molecular formula is C23H18F6N2O6S. The van der Waals surface area contributed by atoms with Crippen LogP contribution < -0.4 is 4.74 Å². The second-order valence-electron chi connectivity index (χ2n) is 8.32. The highest BCUT2D eigenvalue weighted by Crippen LogP contribution is 2.46. The average Bonchev–Trinajstić information content (AvgIpc) is 3.19. The fraction of sp³-hybridized carbons (Fsp3) is 0.304. The monoisotopic (exact) mass is 564 g/mol. The Hall–Kier alpha value is -3.59. The van der Waals surface area contributed by atoms with Crippen LogP contribution in [-0.2, 0) is 33.8 Å². The molecule has 1 atom stereocenters. The molecule has 0 amide bonds. The molecule has 4 rings (SSSR count). The molecule has 0 unspecified atom stereocenters. The van der Waals surface area contributed by atoms with E-state index >= 15 is 0 Å². The van der Waals surface area contributed by atoms with Crippen LogP contribution in [0.4, 0.5) is 26.3 Å². The minimum Gasteiger partial charge on any atom is -0.486 e. The Morgan fingerprint density at radius 1 is 1.13 bits per heavy atom. The van der Waals surface area contributed by atoms with Gasteiger partial charge in [0.25, 0.3) is 0 Å². The van der Waals surface area contributed by atoms with Gasteiger partial charge in [0, 0.05) is 12.1 Å². The summed E-state index contributed by atoms with van der Waals surface area (Å²) in [5.74, 6) is -2.03. The zero-order chi connectivity index (χ0) is 28.0. The van der Waals surface area contributed by atoms with Crippen molar-refractivity contribution in [2.45, 2.75) is 43.2 Å². The van der Waals surface area contributed by atoms with Crippen molar-refractivity contribution in [1.29, 1.82) is 0 Å². The van der Waals surface area contributed by atoms with Crippen molar-refractivity contribution in [3.63, 3.8) is 0 Å². The summed E-state index contributed by atoms with van der Waals surface area (Å²) in [5, 5.41) is 9.14. The molecule has 1 N–H and O–H groups in total. The zero-order valence-electron chi connectivity index (χ0n) is 19.3. The van der Waals surface area contributed by atoms with E-state index < -0.39 is 63.4 Å². The Kier molecular flexibility index (Phi) is 6.95. The second kappa shape index (κ2) is 9.62. The molecule has 0 radical (unpaired) electrons. The maximum atomic E-state index is 13.9. The zero-order valence-corrected chi connectivity index (χ0v) is 20.1. The van der Waals surface area contributed by atoms with Crippen LogP contribution in [0.25, 0.3) is 11.1 Å². The van der Waals surface area contributed by atoms with E-state index in [4.69, 9.17) is 14.3 Å². The van der Waals surface area contributed by atoms with E-state index in [1.807, 2.05) is 0 Å². The number of alkyl halides is 6. The molecular weight excluding hydrogens is 546 g/mol. The highest BCUT2D eigenvalue weighted by molar-refractivity contribution is 7.89. The number of aryl methyl sites for hydroxylation is 1. The number of hydrogen-bond donors (Lipinski definition) is 1. The first kappa shape index (κ1) is 27.4. The lowest BCUT2D eigenvalue weighted by Crippen LogP contribution is -2.54. The van der Waals surface area contributed by atoms with E-state index in [1.54, 1.807) is 0 Å². The summed E-state index contributed by atoms with van der Waals surface area (Å²) >= 11 is 0. The number of sulfonamides is 1. The van der Waals surface area contributed by atoms with Gasteiger partial charge < -0.3 is 14.3 Å². The molecule has 1 aliphatic rings. The van der Waals surface area contributed by atoms with Crippen LogP contribution in [0.15, 0.2) is 52.1 Å². The predicted octanol–water partition coefficient (Wildman–Crippen LogP) is 5.11. The highest BCUT2D eigenvalue weighted by Gasteiger charge is 2.43. The number of aromatic nitrogens is 1. The van der Waals surface area contributed by atoms with Crippen LogP contribution in [-0.4, -0.2) is 41.4 Å². The third-order valence-corrected chi connectivity index (χ3v) is 7.87. The molecule has 0 bridgehead atoms. The van der Waals surface area contributed by atoms with Crippen LogP contribution in [0.1, 0.15) is 29.0 Å². The number of halogens is 6. The number of benzene rings is 2. The van der Waals surface area contributed by atoms with Gasteiger partial charge in [0.1, 0.15) is 29.9 Å². The van der Waals surface area contributed by atoms with Gasteiger partial charge in [-0.1, -0.05) is 12.1 Å². The van der Waals surface area contributed by atoms with Gasteiger partial charge in [0.15, 0.2) is 6.39 Å². The third-order valence-electron chi connectivity index (χ3n) is 5.95. The summed E-state index contributed by atoms with van der Waals surface area (Å²) in [7, 11) is -4.27. The van der Waals surface area contributed by atoms with Crippen molar-refractivity contribution < 1.29 is 53.8 Å². The van der Waals surface area contributed by atoms with Gasteiger partial charge in [0.05, 0.1) is 16.0 Å². The molecule has 2 aromatic carbocycles. The number of hydrogen-bond acceptors (Lipinski definition) is 6. The SMILES string of the molecule is Cc1ocnc1COc1c(-c2ccc(S(=O)(=O)N3CC[C@@H]3C(=O)O)cc2)cc(C(F)(F)F)cc1C(F)(F)F. The topological polar surface area (TPSA) is 110 Å². The number of rotatable bonds is 7. The molecule has 1 aromatic heterocycles. The van der Waals surface area contributed by atoms with E-state index in [0.29, 0.717) is 6.07 Å². The van der Waals surface area contributed by atoms with Gasteiger partial charge >= 0.3 is 18.3 Å². The molecule has 2 heterocycles. The quantitative estimate of drug-likeness (QED) is 0.397. The van der Waals surface area contributed by atoms with Gasteiger partial charge in [-0.2, -0.15) is 30.6 Å². The molecule has 1 saturated heterocycles. The first-order valence-corrected chi connectivity index (χ1v) is 12.2. The number of nitrogens with zero attached hydrogens (tertiary/aromatic N) is 2. The molecule has 0 spiro atoms. The van der Waals surface area contributed by atoms with Gasteiger partial charge in [-0.15, -0.1) is 0 Å². The predicted molar refractivity (Wildman–Crippen MR) is 117 cm³/mol. The molecule has 38 heavy (non-hydrogen) atoms. The van der Waals surface area contributed by atoms with Crippen molar-refractivity contribution in [3.8, 4) is 16.9 Å². The summed E-state index contributed by atoms with van der Waals surface area (Å²) in [4.78, 5) is 14.7. The molecule has 0 aliphatic carbocycles. The van der Waals surface area contributed by atoms with Crippen LogP contribution in [0.5, 0.6) is 5.75 Å². The fourth-order valence-electron chi connectivity index (χ4n) is 3.82. The van der Waals surface area contributed by atoms with Crippen LogP contribution in [0, 0.1) is 6.92 Å². The lowest BCUT2D eigenvalue weighted by atomic mass is 9.97. The third kappa shape index (κ3) is 5.20. The molecule has 15 heteroatoms. The summed E-state index contributed by atoms with van der Waals surface area (Å²) in [6, 6.07) is 3.13. The first-order chi connectivity index (χ1) is 17.6. The molecule has 1 aliphatic heterocycles. The maximum Gasteiger partial charge on any atom is 0.420 e. The Morgan fingerprint density at radius 3 is 2.26 bits per heavy atom. The Balaban J connectivity index is 1.81. The normalized spacial score (nSPS) is 16.8. The van der Waals surface area contributed by atoms with Gasteiger partial charge in [-0.3, -0.25) is 4.79 Å². The molecule has 0 saturated carbocycles. The van der Waals surface area contributed by atoms with Crippen molar-refractivity contribution in [3.05, 3.63) is 65.4 Å². The summed E-state index contributed by atoms with van der Waals surface area (Å²) in [6.07, 6.45) is -9.25. The standard InChI is InChI=1S/C23H18F6N2O6S/c1-12-18(30-11-37-12)10-36-20-16(8-14(22(24,25)26)9-17(20)23(27,28)29)13-2-4-15(5-3-13)38(34,35)31-7-6-19(31)21(32)33/h2-5,8-9,11,19H,6-7,10H2,1H3,(H,32,33)/t19-/m1/s1. The minimum absolute atomic E-state index is 0.0525. The molecule has 8 nitrogen and oxygen atoms in total. The van der Waals surface area contributed by atoms with E-state index in [1.165, 1.54) is 6.92 Å². The van der Waals surface area contributed by atoms with E-state index in [0.717, 1.165) is 35.0 Å². The minimum atomic E-state index is -5.24. The highest BCUT2D eigenvalue weighted by atomic mass is 32.2. The van der Waals surface area contributed by atoms with E-state index in [-0.39, 0.29) is 40.9 Å².